The number of aromatic amines is 2. The number of nitrogens with one attached hydrogen (secondary N) is 4. The number of ether oxygens (including phenoxy) is 1. The van der Waals surface area contributed by atoms with Crippen molar-refractivity contribution in [3.05, 3.63) is 108 Å². The summed E-state index contributed by atoms with van der Waals surface area (Å²) >= 11 is 0. The monoisotopic (exact) mass is 675 g/mol. The first kappa shape index (κ1) is 34.6. The van der Waals surface area contributed by atoms with Crippen LogP contribution in [0.4, 0.5) is 0 Å². The van der Waals surface area contributed by atoms with Crippen LogP contribution in [0.3, 0.4) is 0 Å². The van der Waals surface area contributed by atoms with Gasteiger partial charge in [-0.2, -0.15) is 0 Å². The van der Waals surface area contributed by atoms with E-state index < -0.39 is 47.2 Å². The molecule has 5 aromatic rings. The predicted octanol–water partition coefficient (Wildman–Crippen LogP) is 4.91. The van der Waals surface area contributed by atoms with Crippen molar-refractivity contribution in [2.75, 3.05) is 6.61 Å². The van der Waals surface area contributed by atoms with Crippen LogP contribution in [-0.4, -0.2) is 57.8 Å². The molecule has 1 aliphatic heterocycles. The van der Waals surface area contributed by atoms with E-state index in [9.17, 15) is 19.2 Å². The number of rotatable bonds is 17. The summed E-state index contributed by atoms with van der Waals surface area (Å²) in [6.07, 6.45) is 6.35. The van der Waals surface area contributed by atoms with Crippen LogP contribution in [0.5, 0.6) is 0 Å². The number of aromatic nitrogens is 2. The highest BCUT2D eigenvalue weighted by Gasteiger charge is 2.50. The van der Waals surface area contributed by atoms with Gasteiger partial charge in [0.25, 0.3) is 0 Å². The Labute approximate surface area is 291 Å². The molecule has 0 aliphatic carbocycles. The Balaban J connectivity index is 1.33. The lowest BCUT2D eigenvalue weighted by Crippen LogP contribution is -2.56. The number of primary amides is 1. The van der Waals surface area contributed by atoms with Crippen molar-refractivity contribution in [3.63, 3.8) is 0 Å². The van der Waals surface area contributed by atoms with Gasteiger partial charge in [-0.05, 0) is 55.0 Å². The Morgan fingerprint density at radius 3 is 1.90 bits per heavy atom. The number of unbranched alkanes of at least 4 members (excludes halogenated alkanes) is 1. The van der Waals surface area contributed by atoms with Gasteiger partial charge in [0.2, 0.25) is 17.7 Å². The van der Waals surface area contributed by atoms with Crippen LogP contribution in [0.2, 0.25) is 0 Å². The van der Waals surface area contributed by atoms with Crippen LogP contribution in [0.25, 0.3) is 21.8 Å². The van der Waals surface area contributed by atoms with Crippen molar-refractivity contribution < 1.29 is 23.9 Å². The Bertz CT molecular complexity index is 1980. The first-order chi connectivity index (χ1) is 24.2. The summed E-state index contributed by atoms with van der Waals surface area (Å²) in [5.74, 6) is -3.31. The van der Waals surface area contributed by atoms with E-state index in [1.165, 1.54) is 0 Å². The number of carbonyl (C=O) groups excluding carboxylic acids is 4. The molecular weight excluding hydrogens is 630 g/mol. The predicted molar refractivity (Wildman–Crippen MR) is 193 cm³/mol. The molecule has 2 aromatic heterocycles. The lowest BCUT2D eigenvalue weighted by molar-refractivity contribution is -0.136. The smallest absolute Gasteiger partial charge is 0.243 e. The molecule has 3 amide bonds. The number of Topliss-reactive ketones (excluding diaryl/α,β-unsaturated/α-hetero) is 1. The van der Waals surface area contributed by atoms with E-state index in [2.05, 4.69) is 20.6 Å². The van der Waals surface area contributed by atoms with Gasteiger partial charge in [-0.15, -0.1) is 0 Å². The zero-order valence-electron chi connectivity index (χ0n) is 28.5. The average Bonchev–Trinajstić information content (AvgIpc) is 3.55. The molecule has 1 unspecified atom stereocenters. The SMILES string of the molecule is CCCCC(C(N)=O)[C@H](Cc1c[nH]c2ccccc12)C(=O)N[C@@H](Cc1c[nH]c2ccccc12)C(=O)N[C@@H](Cc1ccccc1)C(=O)[C@@]1(C)CO1. The fourth-order valence-electron chi connectivity index (χ4n) is 6.88. The third-order valence-corrected chi connectivity index (χ3v) is 9.92. The number of ketones is 1. The molecular formula is C40H45N5O5. The van der Waals surface area contributed by atoms with Gasteiger partial charge < -0.3 is 31.1 Å². The van der Waals surface area contributed by atoms with Gasteiger partial charge in [-0.25, -0.2) is 0 Å². The molecule has 5 atom stereocenters. The first-order valence-electron chi connectivity index (χ1n) is 17.4. The molecule has 0 spiro atoms. The summed E-state index contributed by atoms with van der Waals surface area (Å²) in [7, 11) is 0. The summed E-state index contributed by atoms with van der Waals surface area (Å²) in [6.45, 7) is 4.03. The minimum atomic E-state index is -1.06. The second kappa shape index (κ2) is 15.1. The maximum atomic E-state index is 14.5. The number of fused-ring (bicyclic) bond motifs is 2. The number of para-hydroxylation sites is 2. The zero-order chi connectivity index (χ0) is 35.3. The van der Waals surface area contributed by atoms with Crippen LogP contribution >= 0.6 is 0 Å². The Kier molecular flexibility index (Phi) is 10.5. The van der Waals surface area contributed by atoms with Crippen LogP contribution in [0.1, 0.15) is 49.8 Å². The molecule has 0 saturated carbocycles. The summed E-state index contributed by atoms with van der Waals surface area (Å²) < 4.78 is 5.49. The highest BCUT2D eigenvalue weighted by molar-refractivity contribution is 5.99. The van der Waals surface area contributed by atoms with Crippen LogP contribution in [-0.2, 0) is 43.2 Å². The molecule has 1 fully saturated rings. The normalized spacial score (nSPS) is 17.9. The van der Waals surface area contributed by atoms with Crippen molar-refractivity contribution in [1.82, 2.24) is 20.6 Å². The maximum Gasteiger partial charge on any atom is 0.243 e. The van der Waals surface area contributed by atoms with Gasteiger partial charge in [0.15, 0.2) is 5.78 Å². The molecule has 0 bridgehead atoms. The van der Waals surface area contributed by atoms with Gasteiger partial charge in [-0.3, -0.25) is 19.2 Å². The average molecular weight is 676 g/mol. The quantitative estimate of drug-likeness (QED) is 0.0884. The topological polar surface area (TPSA) is 162 Å². The highest BCUT2D eigenvalue weighted by atomic mass is 16.6. The number of epoxide rings is 1. The molecule has 260 valence electrons. The minimum Gasteiger partial charge on any atom is -0.369 e. The van der Waals surface area contributed by atoms with Gasteiger partial charge >= 0.3 is 0 Å². The summed E-state index contributed by atoms with van der Waals surface area (Å²) in [5.41, 5.74) is 9.42. The second-order valence-electron chi connectivity index (χ2n) is 13.6. The van der Waals surface area contributed by atoms with E-state index in [1.54, 1.807) is 6.92 Å². The van der Waals surface area contributed by atoms with Crippen molar-refractivity contribution in [2.24, 2.45) is 17.6 Å². The van der Waals surface area contributed by atoms with E-state index >= 15 is 0 Å². The van der Waals surface area contributed by atoms with Gasteiger partial charge in [0, 0.05) is 46.5 Å². The lowest BCUT2D eigenvalue weighted by Gasteiger charge is -2.28. The Hall–Kier alpha value is -5.22. The molecule has 3 heterocycles. The minimum absolute atomic E-state index is 0.150. The van der Waals surface area contributed by atoms with E-state index in [0.717, 1.165) is 44.9 Å². The third kappa shape index (κ3) is 7.81. The van der Waals surface area contributed by atoms with Crippen molar-refractivity contribution >= 4 is 45.3 Å². The molecule has 6 rings (SSSR count). The fraction of sp³-hybridized carbons (Fsp3) is 0.350. The Morgan fingerprint density at radius 1 is 0.760 bits per heavy atom. The van der Waals surface area contributed by atoms with Crippen LogP contribution in [0.15, 0.2) is 91.3 Å². The summed E-state index contributed by atoms with van der Waals surface area (Å²) in [6, 6.07) is 23.1. The molecule has 1 saturated heterocycles. The number of nitrogens with two attached hydrogens (primary N) is 1. The van der Waals surface area contributed by atoms with E-state index in [0.29, 0.717) is 12.8 Å². The molecule has 6 N–H and O–H groups in total. The first-order valence-corrected chi connectivity index (χ1v) is 17.4. The number of hydrogen-bond donors (Lipinski definition) is 5. The molecule has 50 heavy (non-hydrogen) atoms. The number of carbonyl (C=O) groups is 4. The zero-order valence-corrected chi connectivity index (χ0v) is 28.5. The Morgan fingerprint density at radius 2 is 1.32 bits per heavy atom. The number of hydrogen-bond acceptors (Lipinski definition) is 5. The molecule has 0 radical (unpaired) electrons. The van der Waals surface area contributed by atoms with Crippen LogP contribution < -0.4 is 16.4 Å². The fourth-order valence-corrected chi connectivity index (χ4v) is 6.88. The second-order valence-corrected chi connectivity index (χ2v) is 13.6. The van der Waals surface area contributed by atoms with Gasteiger partial charge in [0.1, 0.15) is 11.6 Å². The van der Waals surface area contributed by atoms with E-state index in [1.807, 2.05) is 98.2 Å². The molecule has 3 aromatic carbocycles. The van der Waals surface area contributed by atoms with E-state index in [4.69, 9.17) is 10.5 Å². The number of amides is 3. The molecule has 10 nitrogen and oxygen atoms in total. The van der Waals surface area contributed by atoms with E-state index in [-0.39, 0.29) is 31.7 Å². The summed E-state index contributed by atoms with van der Waals surface area (Å²) in [4.78, 5) is 62.0. The van der Waals surface area contributed by atoms with Crippen molar-refractivity contribution in [3.8, 4) is 0 Å². The molecule has 1 aliphatic rings. The van der Waals surface area contributed by atoms with Crippen molar-refractivity contribution in [1.29, 1.82) is 0 Å². The highest BCUT2D eigenvalue weighted by Crippen LogP contribution is 2.30. The summed E-state index contributed by atoms with van der Waals surface area (Å²) in [5, 5.41) is 7.89. The number of benzene rings is 3. The molecule has 10 heteroatoms. The third-order valence-electron chi connectivity index (χ3n) is 9.92. The van der Waals surface area contributed by atoms with Crippen LogP contribution in [0, 0.1) is 11.8 Å². The number of H-pyrrole nitrogens is 2. The standard InChI is InChI=1S/C40H45N5O5/c1-3-4-14-30(37(41)47)31(20-26-22-42-32-17-10-8-15-28(26)32)38(48)45-35(21-27-23-43-33-18-11-9-16-29(27)33)39(49)44-34(36(46)40(2)24-50-40)19-25-12-6-5-7-13-25/h5-13,15-18,22-23,30-31,34-35,42-43H,3-4,14,19-21,24H2,1-2H3,(H2,41,47)(H,44,49)(H,45,48)/t30?,31-,34-,35-,40+/m0/s1. The van der Waals surface area contributed by atoms with Gasteiger partial charge in [-0.1, -0.05) is 86.5 Å². The van der Waals surface area contributed by atoms with Gasteiger partial charge in [0.05, 0.1) is 18.6 Å². The largest absolute Gasteiger partial charge is 0.369 e. The maximum absolute atomic E-state index is 14.5. The van der Waals surface area contributed by atoms with Crippen molar-refractivity contribution in [2.45, 2.75) is 70.1 Å². The lowest BCUT2D eigenvalue weighted by atomic mass is 9.82.